The average molecular weight is 605 g/mol. The standard InChI is InChI=1S/C36H68N4O3/c1-25(2)43-33(42)12-9-26(3)29-10-11-30-34-31(14-16-36(29,30)5)35(4)15-13-28(23-27(35)24-32(34)41)40-22-8-21-39-20-7-19-38-18-6-17-37/h25-32,34,38-41H,6-24,37H2,1-5H3/t26-,27?,28+,29?,30?,31?,32-,34?,35+,36-/m1/s1. The molecule has 0 saturated heterocycles. The summed E-state index contributed by atoms with van der Waals surface area (Å²) in [7, 11) is 0. The minimum Gasteiger partial charge on any atom is -0.463 e. The summed E-state index contributed by atoms with van der Waals surface area (Å²) in [6, 6.07) is 0.599. The van der Waals surface area contributed by atoms with Gasteiger partial charge in [-0.05, 0) is 177 Å². The first-order chi connectivity index (χ1) is 20.6. The zero-order valence-corrected chi connectivity index (χ0v) is 28.5. The van der Waals surface area contributed by atoms with Crippen molar-refractivity contribution < 1.29 is 14.6 Å². The third-order valence-corrected chi connectivity index (χ3v) is 12.8. The third kappa shape index (κ3) is 8.55. The maximum Gasteiger partial charge on any atom is 0.306 e. The Kier molecular flexibility index (Phi) is 13.2. The molecule has 0 aliphatic heterocycles. The van der Waals surface area contributed by atoms with Gasteiger partial charge in [-0.1, -0.05) is 20.8 Å². The molecule has 0 aromatic heterocycles. The van der Waals surface area contributed by atoms with E-state index in [0.29, 0.717) is 58.8 Å². The fraction of sp³-hybridized carbons (Fsp3) is 0.972. The fourth-order valence-electron chi connectivity index (χ4n) is 10.6. The number of carbonyl (C=O) groups is 1. The van der Waals surface area contributed by atoms with Gasteiger partial charge in [-0.3, -0.25) is 4.79 Å². The molecule has 7 heteroatoms. The number of carbonyl (C=O) groups excluding carboxylic acids is 1. The number of hydrogen-bond donors (Lipinski definition) is 5. The van der Waals surface area contributed by atoms with Crippen molar-refractivity contribution in [1.82, 2.24) is 16.0 Å². The predicted octanol–water partition coefficient (Wildman–Crippen LogP) is 5.25. The van der Waals surface area contributed by atoms with Crippen LogP contribution >= 0.6 is 0 Å². The lowest BCUT2D eigenvalue weighted by Crippen LogP contribution is -2.59. The van der Waals surface area contributed by atoms with Crippen molar-refractivity contribution >= 4 is 5.97 Å². The van der Waals surface area contributed by atoms with Gasteiger partial charge < -0.3 is 31.5 Å². The topological polar surface area (TPSA) is 109 Å². The van der Waals surface area contributed by atoms with Gasteiger partial charge in [-0.25, -0.2) is 0 Å². The van der Waals surface area contributed by atoms with Gasteiger partial charge in [-0.15, -0.1) is 0 Å². The lowest BCUT2D eigenvalue weighted by molar-refractivity contribution is -0.167. The van der Waals surface area contributed by atoms with Crippen LogP contribution in [0.4, 0.5) is 0 Å². The fourth-order valence-corrected chi connectivity index (χ4v) is 10.6. The Morgan fingerprint density at radius 3 is 2.23 bits per heavy atom. The summed E-state index contributed by atoms with van der Waals surface area (Å²) in [5.41, 5.74) is 6.20. The Hall–Kier alpha value is -0.730. The van der Waals surface area contributed by atoms with E-state index < -0.39 is 0 Å². The normalized spacial score (nSPS) is 37.9. The minimum absolute atomic E-state index is 0.0347. The molecule has 0 aromatic rings. The number of aliphatic hydroxyl groups excluding tert-OH is 1. The van der Waals surface area contributed by atoms with Crippen LogP contribution < -0.4 is 21.7 Å². The zero-order valence-electron chi connectivity index (χ0n) is 28.5. The SMILES string of the molecule is CC(C)OC(=O)CC[C@@H](C)C1CCC2C3C(CC[C@@]21C)[C@@]1(C)CC[C@H](NCCCNCCCNCCCN)CC1C[C@H]3O. The molecule has 4 aliphatic rings. The van der Waals surface area contributed by atoms with Crippen LogP contribution in [0.1, 0.15) is 118 Å². The highest BCUT2D eigenvalue weighted by Gasteiger charge is 2.62. The van der Waals surface area contributed by atoms with E-state index in [0.717, 1.165) is 58.5 Å². The molecule has 250 valence electrons. The molecule has 4 rings (SSSR count). The van der Waals surface area contributed by atoms with Crippen molar-refractivity contribution in [2.45, 2.75) is 136 Å². The smallest absolute Gasteiger partial charge is 0.306 e. The van der Waals surface area contributed by atoms with Crippen LogP contribution in [0, 0.1) is 46.3 Å². The Morgan fingerprint density at radius 1 is 0.884 bits per heavy atom. The van der Waals surface area contributed by atoms with Gasteiger partial charge in [0.2, 0.25) is 0 Å². The molecule has 4 aliphatic carbocycles. The second kappa shape index (κ2) is 16.2. The number of aliphatic hydroxyl groups is 1. The average Bonchev–Trinajstić information content (AvgIpc) is 3.32. The van der Waals surface area contributed by atoms with Crippen molar-refractivity contribution in [1.29, 1.82) is 0 Å². The quantitative estimate of drug-likeness (QED) is 0.114. The monoisotopic (exact) mass is 605 g/mol. The van der Waals surface area contributed by atoms with Gasteiger partial charge in [0.1, 0.15) is 0 Å². The maximum atomic E-state index is 12.2. The summed E-state index contributed by atoms with van der Waals surface area (Å²) in [6.07, 6.45) is 14.5. The summed E-state index contributed by atoms with van der Waals surface area (Å²) in [5.74, 6) is 3.49. The third-order valence-electron chi connectivity index (χ3n) is 12.8. The predicted molar refractivity (Wildman–Crippen MR) is 177 cm³/mol. The van der Waals surface area contributed by atoms with Gasteiger partial charge in [-0.2, -0.15) is 0 Å². The Bertz CT molecular complexity index is 856. The Labute approximate surface area is 264 Å². The van der Waals surface area contributed by atoms with Crippen LogP contribution in [0.3, 0.4) is 0 Å². The summed E-state index contributed by atoms with van der Waals surface area (Å²) < 4.78 is 5.42. The van der Waals surface area contributed by atoms with E-state index in [1.807, 2.05) is 13.8 Å². The van der Waals surface area contributed by atoms with Crippen molar-refractivity contribution in [2.75, 3.05) is 39.3 Å². The van der Waals surface area contributed by atoms with Crippen molar-refractivity contribution in [3.05, 3.63) is 0 Å². The first-order valence-corrected chi connectivity index (χ1v) is 18.3. The second-order valence-corrected chi connectivity index (χ2v) is 15.9. The molecular formula is C36H68N4O3. The lowest BCUT2D eigenvalue weighted by atomic mass is 9.43. The molecule has 0 spiro atoms. The molecule has 6 N–H and O–H groups in total. The van der Waals surface area contributed by atoms with Crippen molar-refractivity contribution in [3.63, 3.8) is 0 Å². The highest BCUT2D eigenvalue weighted by Crippen LogP contribution is 2.68. The molecule has 0 amide bonds. The molecule has 4 fully saturated rings. The number of rotatable bonds is 17. The van der Waals surface area contributed by atoms with Crippen LogP contribution in [0.5, 0.6) is 0 Å². The van der Waals surface area contributed by atoms with Gasteiger partial charge in [0.05, 0.1) is 12.2 Å². The summed E-state index contributed by atoms with van der Waals surface area (Å²) in [5, 5.41) is 22.7. The molecule has 0 radical (unpaired) electrons. The maximum absolute atomic E-state index is 12.2. The number of esters is 1. The van der Waals surface area contributed by atoms with Crippen LogP contribution in [-0.2, 0) is 9.53 Å². The molecule has 5 unspecified atom stereocenters. The van der Waals surface area contributed by atoms with Crippen molar-refractivity contribution in [2.24, 2.45) is 52.1 Å². The summed E-state index contributed by atoms with van der Waals surface area (Å²) in [4.78, 5) is 12.2. The van der Waals surface area contributed by atoms with Crippen LogP contribution in [0.15, 0.2) is 0 Å². The van der Waals surface area contributed by atoms with E-state index in [4.69, 9.17) is 10.5 Å². The van der Waals surface area contributed by atoms with Crippen LogP contribution in [-0.4, -0.2) is 68.6 Å². The van der Waals surface area contributed by atoms with E-state index in [1.54, 1.807) is 0 Å². The molecule has 43 heavy (non-hydrogen) atoms. The zero-order chi connectivity index (χ0) is 31.0. The summed E-state index contributed by atoms with van der Waals surface area (Å²) >= 11 is 0. The lowest BCUT2D eigenvalue weighted by Gasteiger charge is -2.62. The molecule has 4 saturated carbocycles. The molecule has 0 bridgehead atoms. The minimum atomic E-state index is -0.157. The first kappa shape index (κ1) is 35.1. The van der Waals surface area contributed by atoms with Crippen LogP contribution in [0.25, 0.3) is 0 Å². The van der Waals surface area contributed by atoms with E-state index >= 15 is 0 Å². The van der Waals surface area contributed by atoms with E-state index in [-0.39, 0.29) is 18.2 Å². The number of ether oxygens (including phenoxy) is 1. The summed E-state index contributed by atoms with van der Waals surface area (Å²) in [6.45, 7) is 17.5. The van der Waals surface area contributed by atoms with Gasteiger partial charge in [0, 0.05) is 12.5 Å². The second-order valence-electron chi connectivity index (χ2n) is 15.9. The van der Waals surface area contributed by atoms with Gasteiger partial charge >= 0.3 is 5.97 Å². The highest BCUT2D eigenvalue weighted by atomic mass is 16.5. The largest absolute Gasteiger partial charge is 0.463 e. The highest BCUT2D eigenvalue weighted by molar-refractivity contribution is 5.69. The number of fused-ring (bicyclic) bond motifs is 5. The Balaban J connectivity index is 1.22. The van der Waals surface area contributed by atoms with E-state index in [9.17, 15) is 9.90 Å². The number of nitrogens with two attached hydrogens (primary N) is 1. The first-order valence-electron chi connectivity index (χ1n) is 18.3. The molecule has 10 atom stereocenters. The molecular weight excluding hydrogens is 536 g/mol. The molecule has 0 heterocycles. The van der Waals surface area contributed by atoms with Crippen LogP contribution in [0.2, 0.25) is 0 Å². The van der Waals surface area contributed by atoms with Gasteiger partial charge in [0.25, 0.3) is 0 Å². The number of nitrogens with one attached hydrogen (secondary N) is 3. The molecule has 0 aromatic carbocycles. The van der Waals surface area contributed by atoms with E-state index in [2.05, 4.69) is 36.7 Å². The van der Waals surface area contributed by atoms with Gasteiger partial charge in [0.15, 0.2) is 0 Å². The Morgan fingerprint density at radius 2 is 1.53 bits per heavy atom. The van der Waals surface area contributed by atoms with Crippen molar-refractivity contribution in [3.8, 4) is 0 Å². The number of hydrogen-bond acceptors (Lipinski definition) is 7. The molecule has 7 nitrogen and oxygen atoms in total. The van der Waals surface area contributed by atoms with E-state index in [1.165, 1.54) is 57.8 Å².